The van der Waals surface area contributed by atoms with Gasteiger partial charge in [-0.3, -0.25) is 0 Å². The normalized spacial score (nSPS) is 11.8. The highest BCUT2D eigenvalue weighted by molar-refractivity contribution is 9.10. The average molecular weight is 368 g/mol. The molecule has 0 aliphatic rings. The highest BCUT2D eigenvalue weighted by atomic mass is 79.9. The summed E-state index contributed by atoms with van der Waals surface area (Å²) in [6.07, 6.45) is 0. The van der Waals surface area contributed by atoms with Crippen molar-refractivity contribution in [2.75, 3.05) is 0 Å². The molecule has 0 aliphatic heterocycles. The van der Waals surface area contributed by atoms with E-state index in [4.69, 9.17) is 11.6 Å². The molecule has 2 rings (SSSR count). The zero-order valence-electron chi connectivity index (χ0n) is 11.6. The Hall–Kier alpha value is -1.52. The molecular weight excluding hydrogens is 352 g/mol. The molecule has 0 spiro atoms. The molecule has 0 radical (unpaired) electrons. The third-order valence-corrected chi connectivity index (χ3v) is 3.81. The van der Waals surface area contributed by atoms with Crippen molar-refractivity contribution >= 4 is 33.6 Å². The Balaban J connectivity index is 1.85. The number of rotatable bonds is 4. The molecule has 0 saturated carbocycles. The van der Waals surface area contributed by atoms with Crippen molar-refractivity contribution in [1.82, 2.24) is 10.6 Å². The molecule has 2 aromatic rings. The van der Waals surface area contributed by atoms with E-state index in [1.165, 1.54) is 0 Å². The first kappa shape index (κ1) is 15.9. The Morgan fingerprint density at radius 3 is 2.62 bits per heavy atom. The topological polar surface area (TPSA) is 41.1 Å². The van der Waals surface area contributed by atoms with E-state index in [2.05, 4.69) is 26.6 Å². The van der Waals surface area contributed by atoms with E-state index in [0.717, 1.165) is 15.6 Å². The van der Waals surface area contributed by atoms with Gasteiger partial charge in [0.25, 0.3) is 0 Å². The number of urea groups is 1. The summed E-state index contributed by atoms with van der Waals surface area (Å²) < 4.78 is 0.996. The van der Waals surface area contributed by atoms with E-state index in [1.54, 1.807) is 12.1 Å². The van der Waals surface area contributed by atoms with Gasteiger partial charge in [-0.2, -0.15) is 0 Å². The first-order valence-corrected chi connectivity index (χ1v) is 7.76. The molecule has 0 bridgehead atoms. The Bertz CT molecular complexity index is 616. The van der Waals surface area contributed by atoms with E-state index >= 15 is 0 Å². The molecule has 2 aromatic carbocycles. The van der Waals surface area contributed by atoms with Gasteiger partial charge in [0.2, 0.25) is 0 Å². The quantitative estimate of drug-likeness (QED) is 0.810. The Kier molecular flexibility index (Phi) is 5.65. The minimum absolute atomic E-state index is 0.0623. The molecule has 5 heteroatoms. The van der Waals surface area contributed by atoms with Crippen molar-refractivity contribution in [1.29, 1.82) is 0 Å². The van der Waals surface area contributed by atoms with E-state index in [-0.39, 0.29) is 12.1 Å². The molecule has 0 aromatic heterocycles. The summed E-state index contributed by atoms with van der Waals surface area (Å²) >= 11 is 9.24. The zero-order chi connectivity index (χ0) is 15.2. The standard InChI is InChI=1S/C16H16BrClN2O/c1-11(13-3-2-4-14(17)9-13)20-16(21)19-10-12-5-7-15(18)8-6-12/h2-9,11H,10H2,1H3,(H2,19,20,21). The molecular formula is C16H16BrClN2O. The predicted octanol–water partition coefficient (Wildman–Crippen LogP) is 4.66. The maximum Gasteiger partial charge on any atom is 0.315 e. The number of nitrogens with one attached hydrogen (secondary N) is 2. The fourth-order valence-corrected chi connectivity index (χ4v) is 2.43. The van der Waals surface area contributed by atoms with Crippen LogP contribution in [0, 0.1) is 0 Å². The Morgan fingerprint density at radius 2 is 1.95 bits per heavy atom. The van der Waals surface area contributed by atoms with Crippen molar-refractivity contribution < 1.29 is 4.79 Å². The number of halogens is 2. The van der Waals surface area contributed by atoms with E-state index in [0.29, 0.717) is 11.6 Å². The number of hydrogen-bond donors (Lipinski definition) is 2. The molecule has 0 aliphatic carbocycles. The van der Waals surface area contributed by atoms with Crippen LogP contribution in [-0.2, 0) is 6.54 Å². The van der Waals surface area contributed by atoms with Crippen LogP contribution < -0.4 is 10.6 Å². The Morgan fingerprint density at radius 1 is 1.24 bits per heavy atom. The van der Waals surface area contributed by atoms with Crippen LogP contribution in [0.2, 0.25) is 5.02 Å². The van der Waals surface area contributed by atoms with Crippen LogP contribution in [0.3, 0.4) is 0 Å². The Labute approximate surface area is 137 Å². The van der Waals surface area contributed by atoms with Crippen LogP contribution in [0.5, 0.6) is 0 Å². The number of benzene rings is 2. The van der Waals surface area contributed by atoms with Crippen molar-refractivity contribution in [3.63, 3.8) is 0 Å². The van der Waals surface area contributed by atoms with Crippen molar-refractivity contribution in [3.8, 4) is 0 Å². The van der Waals surface area contributed by atoms with Gasteiger partial charge in [0.15, 0.2) is 0 Å². The van der Waals surface area contributed by atoms with Crippen molar-refractivity contribution in [3.05, 3.63) is 69.2 Å². The van der Waals surface area contributed by atoms with Crippen LogP contribution in [-0.4, -0.2) is 6.03 Å². The minimum atomic E-state index is -0.197. The summed E-state index contributed by atoms with van der Waals surface area (Å²) in [5.74, 6) is 0. The monoisotopic (exact) mass is 366 g/mol. The number of amides is 2. The van der Waals surface area contributed by atoms with Gasteiger partial charge in [-0.05, 0) is 42.3 Å². The van der Waals surface area contributed by atoms with Crippen LogP contribution in [0.25, 0.3) is 0 Å². The van der Waals surface area contributed by atoms with Gasteiger partial charge in [0, 0.05) is 16.0 Å². The average Bonchev–Trinajstić information content (AvgIpc) is 2.46. The summed E-state index contributed by atoms with van der Waals surface area (Å²) in [6, 6.07) is 15.0. The van der Waals surface area contributed by atoms with Gasteiger partial charge in [-0.25, -0.2) is 4.79 Å². The number of carbonyl (C=O) groups is 1. The molecule has 0 saturated heterocycles. The largest absolute Gasteiger partial charge is 0.334 e. The highest BCUT2D eigenvalue weighted by Crippen LogP contribution is 2.17. The summed E-state index contributed by atoms with van der Waals surface area (Å²) in [5, 5.41) is 6.42. The maximum absolute atomic E-state index is 11.9. The zero-order valence-corrected chi connectivity index (χ0v) is 13.9. The SMILES string of the molecule is CC(NC(=O)NCc1ccc(Cl)cc1)c1cccc(Br)c1. The van der Waals surface area contributed by atoms with E-state index < -0.39 is 0 Å². The first-order chi connectivity index (χ1) is 10.0. The smallest absolute Gasteiger partial charge is 0.315 e. The molecule has 2 amide bonds. The molecule has 110 valence electrons. The molecule has 0 fully saturated rings. The van der Waals surface area contributed by atoms with Crippen molar-refractivity contribution in [2.45, 2.75) is 19.5 Å². The van der Waals surface area contributed by atoms with Crippen molar-refractivity contribution in [2.24, 2.45) is 0 Å². The van der Waals surface area contributed by atoms with Gasteiger partial charge < -0.3 is 10.6 Å². The first-order valence-electron chi connectivity index (χ1n) is 6.59. The van der Waals surface area contributed by atoms with Gasteiger partial charge in [0.05, 0.1) is 6.04 Å². The highest BCUT2D eigenvalue weighted by Gasteiger charge is 2.09. The molecule has 2 N–H and O–H groups in total. The predicted molar refractivity (Wildman–Crippen MR) is 89.4 cm³/mol. The lowest BCUT2D eigenvalue weighted by Crippen LogP contribution is -2.36. The number of carbonyl (C=O) groups excluding carboxylic acids is 1. The van der Waals surface area contributed by atoms with Gasteiger partial charge in [0.1, 0.15) is 0 Å². The van der Waals surface area contributed by atoms with Gasteiger partial charge in [-0.15, -0.1) is 0 Å². The summed E-state index contributed by atoms with van der Waals surface area (Å²) in [4.78, 5) is 11.9. The molecule has 21 heavy (non-hydrogen) atoms. The van der Waals surface area contributed by atoms with Crippen LogP contribution in [0.1, 0.15) is 24.1 Å². The number of hydrogen-bond acceptors (Lipinski definition) is 1. The maximum atomic E-state index is 11.9. The third-order valence-electron chi connectivity index (χ3n) is 3.06. The second-order valence-corrected chi connectivity index (χ2v) is 6.08. The second-order valence-electron chi connectivity index (χ2n) is 4.73. The second kappa shape index (κ2) is 7.48. The van der Waals surface area contributed by atoms with E-state index in [1.807, 2.05) is 43.3 Å². The summed E-state index contributed by atoms with van der Waals surface area (Å²) in [5.41, 5.74) is 2.05. The molecule has 1 unspecified atom stereocenters. The van der Waals surface area contributed by atoms with Gasteiger partial charge in [-0.1, -0.05) is 51.8 Å². The van der Waals surface area contributed by atoms with Crippen LogP contribution in [0.4, 0.5) is 4.79 Å². The van der Waals surface area contributed by atoms with Gasteiger partial charge >= 0.3 is 6.03 Å². The van der Waals surface area contributed by atoms with Crippen LogP contribution >= 0.6 is 27.5 Å². The molecule has 1 atom stereocenters. The fraction of sp³-hybridized carbons (Fsp3) is 0.188. The lowest BCUT2D eigenvalue weighted by Gasteiger charge is -2.15. The lowest BCUT2D eigenvalue weighted by molar-refractivity contribution is 0.237. The molecule has 0 heterocycles. The third kappa shape index (κ3) is 5.06. The summed E-state index contributed by atoms with van der Waals surface area (Å²) in [7, 11) is 0. The van der Waals surface area contributed by atoms with E-state index in [9.17, 15) is 4.79 Å². The minimum Gasteiger partial charge on any atom is -0.334 e. The van der Waals surface area contributed by atoms with Crippen LogP contribution in [0.15, 0.2) is 53.0 Å². The summed E-state index contributed by atoms with van der Waals surface area (Å²) in [6.45, 7) is 2.41. The lowest BCUT2D eigenvalue weighted by atomic mass is 10.1. The molecule has 3 nitrogen and oxygen atoms in total. The fourth-order valence-electron chi connectivity index (χ4n) is 1.89.